The minimum atomic E-state index is -0.840. The van der Waals surface area contributed by atoms with E-state index in [9.17, 15) is 14.5 Å². The van der Waals surface area contributed by atoms with Gasteiger partial charge in [-0.3, -0.25) is 10.1 Å². The lowest BCUT2D eigenvalue weighted by atomic mass is 10.0. The fourth-order valence-electron chi connectivity index (χ4n) is 3.94. The molecule has 2 atom stereocenters. The van der Waals surface area contributed by atoms with Crippen LogP contribution in [0.4, 0.5) is 10.1 Å². The van der Waals surface area contributed by atoms with Gasteiger partial charge < -0.3 is 9.69 Å². The molecule has 2 aromatic heterocycles. The molecule has 2 heterocycles. The maximum absolute atomic E-state index is 13.3. The highest BCUT2D eigenvalue weighted by atomic mass is 35.5. The minimum absolute atomic E-state index is 0.226. The third-order valence-corrected chi connectivity index (χ3v) is 8.52. The Bertz CT molecular complexity index is 1930. The molecular weight excluding hydrogens is 719 g/mol. The van der Waals surface area contributed by atoms with Crippen molar-refractivity contribution in [1.82, 2.24) is 20.4 Å². The summed E-state index contributed by atoms with van der Waals surface area (Å²) in [6, 6.07) is 18.2. The van der Waals surface area contributed by atoms with Crippen LogP contribution in [0, 0.1) is 29.1 Å². The summed E-state index contributed by atoms with van der Waals surface area (Å²) in [4.78, 5) is 17.7. The third kappa shape index (κ3) is 8.39. The maximum Gasteiger partial charge on any atom is 0.295 e. The molecule has 9 nitrogen and oxygen atoms in total. The van der Waals surface area contributed by atoms with Gasteiger partial charge in [0.05, 0.1) is 47.1 Å². The number of aromatic nitrogens is 4. The fourth-order valence-corrected chi connectivity index (χ4v) is 6.06. The molecule has 0 N–H and O–H groups in total. The van der Waals surface area contributed by atoms with Crippen molar-refractivity contribution < 1.29 is 9.31 Å². The monoisotopic (exact) mass is 731 g/mol. The molecular formula is C30H15Cl5FN7O2S. The summed E-state index contributed by atoms with van der Waals surface area (Å²) in [5.74, 6) is -0.700. The van der Waals surface area contributed by atoms with Crippen LogP contribution in [0.3, 0.4) is 0 Å². The topological polar surface area (TPSA) is 103 Å². The molecule has 2 unspecified atom stereocenters. The second kappa shape index (κ2) is 16.0. The van der Waals surface area contributed by atoms with Gasteiger partial charge in [-0.15, -0.1) is 20.4 Å². The largest absolute Gasteiger partial charge is 0.301 e. The Morgan fingerprint density at radius 3 is 1.63 bits per heavy atom. The van der Waals surface area contributed by atoms with Crippen LogP contribution in [0.1, 0.15) is 34.6 Å². The molecule has 0 radical (unpaired) electrons. The molecule has 0 amide bonds. The van der Waals surface area contributed by atoms with Gasteiger partial charge in [0.1, 0.15) is 22.2 Å². The van der Waals surface area contributed by atoms with Crippen molar-refractivity contribution in [2.45, 2.75) is 22.0 Å². The molecule has 0 fully saturated rings. The lowest BCUT2D eigenvalue weighted by Crippen LogP contribution is -2.03. The summed E-state index contributed by atoms with van der Waals surface area (Å²) in [5, 5.41) is 29.0. The van der Waals surface area contributed by atoms with Crippen LogP contribution in [0.5, 0.6) is 0 Å². The van der Waals surface area contributed by atoms with E-state index >= 15 is 0 Å². The normalized spacial score (nSPS) is 11.7. The van der Waals surface area contributed by atoms with Crippen molar-refractivity contribution in [2.24, 2.45) is 0 Å². The Morgan fingerprint density at radius 1 is 0.717 bits per heavy atom. The summed E-state index contributed by atoms with van der Waals surface area (Å²) in [5.41, 5.74) is 1.40. The summed E-state index contributed by atoms with van der Waals surface area (Å²) < 4.78 is 13.3. The zero-order valence-electron chi connectivity index (χ0n) is 22.8. The van der Waals surface area contributed by atoms with Crippen LogP contribution in [0.15, 0.2) is 88.8 Å². The first-order valence-electron chi connectivity index (χ1n) is 12.6. The highest BCUT2D eigenvalue weighted by Gasteiger charge is 2.28. The Hall–Kier alpha value is -4.07. The smallest absolute Gasteiger partial charge is 0.295 e. The molecule has 0 saturated heterocycles. The Labute approximate surface area is 291 Å². The minimum Gasteiger partial charge on any atom is -0.301 e. The Balaban J connectivity index is 0.000000230. The summed E-state index contributed by atoms with van der Waals surface area (Å²) >= 11 is 31.2. The van der Waals surface area contributed by atoms with E-state index < -0.39 is 22.8 Å². The van der Waals surface area contributed by atoms with E-state index in [-0.39, 0.29) is 15.7 Å². The molecule has 0 bridgehead atoms. The van der Waals surface area contributed by atoms with E-state index in [1.54, 1.807) is 60.7 Å². The summed E-state index contributed by atoms with van der Waals surface area (Å²) in [6.45, 7) is 14.8. The van der Waals surface area contributed by atoms with Gasteiger partial charge in [0.2, 0.25) is 0 Å². The number of halogens is 6. The molecule has 5 aromatic rings. The van der Waals surface area contributed by atoms with Crippen LogP contribution >= 0.6 is 69.8 Å². The molecule has 230 valence electrons. The van der Waals surface area contributed by atoms with Gasteiger partial charge in [-0.05, 0) is 60.7 Å². The van der Waals surface area contributed by atoms with E-state index in [4.69, 9.17) is 71.1 Å². The van der Waals surface area contributed by atoms with Gasteiger partial charge in [0, 0.05) is 0 Å². The van der Waals surface area contributed by atoms with Crippen LogP contribution in [0.25, 0.3) is 9.69 Å². The maximum atomic E-state index is 13.3. The molecule has 0 aliphatic heterocycles. The number of hydrogen-bond acceptors (Lipinski definition) is 7. The molecule has 5 rings (SSSR count). The average molecular weight is 734 g/mol. The van der Waals surface area contributed by atoms with Crippen molar-refractivity contribution in [2.75, 3.05) is 0 Å². The van der Waals surface area contributed by atoms with Crippen LogP contribution in [0.2, 0.25) is 25.2 Å². The number of hydrogen-bond donors (Lipinski definition) is 0. The van der Waals surface area contributed by atoms with Gasteiger partial charge in [0.15, 0.2) is 5.15 Å². The summed E-state index contributed by atoms with van der Waals surface area (Å²) in [6.07, 6.45) is 0. The first-order valence-corrected chi connectivity index (χ1v) is 15.3. The standard InChI is InChI=1S/C18H9Cl2FN4O2S.C12H6Cl3N3/c1-22-18(17-11(19)3-2-4-12(17)20)13-6-8-16(24-23-13)28-15-7-5-10(21)9-14(15)25(26)27;1-16-12(9-5-6-10(15)18-17-9)11-7(13)3-2-4-8(11)14/h2-9,18H;2-6,12H. The zero-order chi connectivity index (χ0) is 33.4. The van der Waals surface area contributed by atoms with Gasteiger partial charge in [-0.25, -0.2) is 17.5 Å². The van der Waals surface area contributed by atoms with Crippen molar-refractivity contribution in [3.05, 3.63) is 165 Å². The Morgan fingerprint density at radius 2 is 1.22 bits per heavy atom. The quantitative estimate of drug-likeness (QED) is 0.0932. The number of nitro benzene ring substituents is 1. The van der Waals surface area contributed by atoms with Crippen LogP contribution in [-0.4, -0.2) is 25.3 Å². The Kier molecular flexibility index (Phi) is 12.1. The molecule has 16 heteroatoms. The van der Waals surface area contributed by atoms with E-state index in [0.717, 1.165) is 23.9 Å². The predicted molar refractivity (Wildman–Crippen MR) is 176 cm³/mol. The summed E-state index contributed by atoms with van der Waals surface area (Å²) in [7, 11) is 0. The number of benzene rings is 3. The van der Waals surface area contributed by atoms with Crippen LogP contribution in [-0.2, 0) is 0 Å². The van der Waals surface area contributed by atoms with Gasteiger partial charge in [-0.1, -0.05) is 81.9 Å². The first kappa shape index (κ1) is 34.8. The van der Waals surface area contributed by atoms with Crippen molar-refractivity contribution in [3.8, 4) is 0 Å². The molecule has 46 heavy (non-hydrogen) atoms. The van der Waals surface area contributed by atoms with Gasteiger partial charge in [-0.2, -0.15) is 0 Å². The predicted octanol–water partition coefficient (Wildman–Crippen LogP) is 10.4. The van der Waals surface area contributed by atoms with E-state index in [1.807, 2.05) is 0 Å². The SMILES string of the molecule is [C-]#[N+]C(c1ccc(Cl)nn1)c1c(Cl)cccc1Cl.[C-]#[N+]C(c1ccc(Sc2ccc(F)cc2[N+](=O)[O-])nn1)c1c(Cl)cccc1Cl. The van der Waals surface area contributed by atoms with Crippen molar-refractivity contribution in [3.63, 3.8) is 0 Å². The highest BCUT2D eigenvalue weighted by molar-refractivity contribution is 7.99. The van der Waals surface area contributed by atoms with Crippen molar-refractivity contribution >= 4 is 75.5 Å². The lowest BCUT2D eigenvalue weighted by molar-refractivity contribution is -0.387. The van der Waals surface area contributed by atoms with Gasteiger partial charge in [0.25, 0.3) is 17.8 Å². The number of nitro groups is 1. The van der Waals surface area contributed by atoms with E-state index in [2.05, 4.69) is 30.1 Å². The first-order chi connectivity index (χ1) is 22.0. The second-order valence-corrected chi connectivity index (χ2v) is 12.0. The van der Waals surface area contributed by atoms with Crippen molar-refractivity contribution in [1.29, 1.82) is 0 Å². The zero-order valence-corrected chi connectivity index (χ0v) is 27.4. The fraction of sp³-hybridized carbons (Fsp3) is 0.0667. The second-order valence-electron chi connectivity index (χ2n) is 8.88. The third-order valence-electron chi connectivity index (χ3n) is 6.01. The number of rotatable bonds is 7. The molecule has 0 spiro atoms. The van der Waals surface area contributed by atoms with Crippen LogP contribution < -0.4 is 0 Å². The molecule has 0 aliphatic rings. The molecule has 3 aromatic carbocycles. The molecule has 0 aliphatic carbocycles. The highest BCUT2D eigenvalue weighted by Crippen LogP contribution is 2.38. The van der Waals surface area contributed by atoms with Gasteiger partial charge >= 0.3 is 0 Å². The van der Waals surface area contributed by atoms with E-state index in [1.165, 1.54) is 6.07 Å². The molecule has 0 saturated carbocycles. The van der Waals surface area contributed by atoms with E-state index in [0.29, 0.717) is 47.6 Å². The average Bonchev–Trinajstić information content (AvgIpc) is 3.03. The lowest BCUT2D eigenvalue weighted by Gasteiger charge is -2.09. The number of nitrogens with zero attached hydrogens (tertiary/aromatic N) is 7.